The van der Waals surface area contributed by atoms with Gasteiger partial charge in [0.25, 0.3) is 5.91 Å². The Kier molecular flexibility index (Phi) is 6.41. The summed E-state index contributed by atoms with van der Waals surface area (Å²) in [6.07, 6.45) is 1.59. The minimum Gasteiger partial charge on any atom is -0.481 e. The van der Waals surface area contributed by atoms with Crippen molar-refractivity contribution >= 4 is 39.4 Å². The maximum atomic E-state index is 14.2. The van der Waals surface area contributed by atoms with Gasteiger partial charge in [-0.05, 0) is 43.9 Å². The van der Waals surface area contributed by atoms with Crippen LogP contribution in [0.5, 0.6) is 0 Å². The molecule has 0 saturated carbocycles. The first kappa shape index (κ1) is 23.9. The number of carboxylic acids is 1. The van der Waals surface area contributed by atoms with Gasteiger partial charge in [0, 0.05) is 30.2 Å². The van der Waals surface area contributed by atoms with Gasteiger partial charge in [-0.1, -0.05) is 34.1 Å². The number of carbonyl (C=O) groups is 3. The molecule has 33 heavy (non-hydrogen) atoms. The Morgan fingerprint density at radius 3 is 2.76 bits per heavy atom. The van der Waals surface area contributed by atoms with Crippen molar-refractivity contribution in [3.05, 3.63) is 42.0 Å². The standard InChI is InChI=1S/C24H29BrN2O6/c1-4-8-26(16-11-13(2)6-7-14(16)3)22(30)20-24-12-15(25)19(33-24)17(23(31)32)18(24)21(29)27(20)9-5-10-28/h4,6-7,11,15,17-20,28H,1,5,8-10,12H2,2-3H3,(H,31,32)/t15?,17-,18+,19-,20-,24+/m1/s1. The van der Waals surface area contributed by atoms with Crippen molar-refractivity contribution in [2.75, 3.05) is 24.6 Å². The average molecular weight is 521 g/mol. The number of carbonyl (C=O) groups excluding carboxylic acids is 2. The fraction of sp³-hybridized carbons (Fsp3) is 0.542. The molecule has 3 aliphatic rings. The van der Waals surface area contributed by atoms with Crippen LogP contribution in [0.3, 0.4) is 0 Å². The number of benzene rings is 1. The summed E-state index contributed by atoms with van der Waals surface area (Å²) in [6, 6.07) is 4.83. The predicted octanol–water partition coefficient (Wildman–Crippen LogP) is 2.04. The van der Waals surface area contributed by atoms with Gasteiger partial charge in [0.15, 0.2) is 0 Å². The number of alkyl halides is 1. The Morgan fingerprint density at radius 1 is 1.39 bits per heavy atom. The number of aliphatic carboxylic acids is 1. The molecule has 6 atom stereocenters. The number of anilines is 1. The molecule has 1 spiro atoms. The highest BCUT2D eigenvalue weighted by Crippen LogP contribution is 2.60. The van der Waals surface area contributed by atoms with E-state index < -0.39 is 41.5 Å². The lowest BCUT2D eigenvalue weighted by molar-refractivity contribution is -0.149. The molecular formula is C24H29BrN2O6. The van der Waals surface area contributed by atoms with Crippen LogP contribution in [-0.2, 0) is 19.1 Å². The molecule has 9 heteroatoms. The third-order valence-corrected chi connectivity index (χ3v) is 7.94. The molecule has 2 N–H and O–H groups in total. The summed E-state index contributed by atoms with van der Waals surface area (Å²) in [6.45, 7) is 7.88. The third kappa shape index (κ3) is 3.61. The van der Waals surface area contributed by atoms with Crippen LogP contribution < -0.4 is 4.90 Å². The van der Waals surface area contributed by atoms with E-state index in [1.165, 1.54) is 4.90 Å². The normalized spacial score (nSPS) is 32.2. The predicted molar refractivity (Wildman–Crippen MR) is 125 cm³/mol. The van der Waals surface area contributed by atoms with Crippen molar-refractivity contribution in [1.29, 1.82) is 0 Å². The van der Waals surface area contributed by atoms with Gasteiger partial charge in [-0.2, -0.15) is 0 Å². The molecule has 3 aliphatic heterocycles. The lowest BCUT2D eigenvalue weighted by Crippen LogP contribution is -2.57. The fourth-order valence-electron chi connectivity index (χ4n) is 5.77. The smallest absolute Gasteiger partial charge is 0.310 e. The van der Waals surface area contributed by atoms with E-state index >= 15 is 0 Å². The third-order valence-electron chi connectivity index (χ3n) is 7.10. The molecule has 1 aromatic carbocycles. The topological polar surface area (TPSA) is 107 Å². The highest BCUT2D eigenvalue weighted by molar-refractivity contribution is 9.09. The number of aliphatic hydroxyl groups is 1. The van der Waals surface area contributed by atoms with Crippen LogP contribution in [0.4, 0.5) is 5.69 Å². The number of fused-ring (bicyclic) bond motifs is 1. The molecule has 3 heterocycles. The van der Waals surface area contributed by atoms with Gasteiger partial charge in [-0.15, -0.1) is 6.58 Å². The lowest BCUT2D eigenvalue weighted by atomic mass is 9.70. The summed E-state index contributed by atoms with van der Waals surface area (Å²) >= 11 is 3.54. The Hall–Kier alpha value is -2.23. The number of halogens is 1. The molecule has 1 unspecified atom stereocenters. The molecule has 4 rings (SSSR count). The second-order valence-electron chi connectivity index (χ2n) is 9.14. The van der Waals surface area contributed by atoms with E-state index in [9.17, 15) is 24.6 Å². The van der Waals surface area contributed by atoms with E-state index in [4.69, 9.17) is 4.74 Å². The first-order valence-corrected chi connectivity index (χ1v) is 12.0. The van der Waals surface area contributed by atoms with E-state index in [1.54, 1.807) is 11.0 Å². The number of amides is 2. The zero-order chi connectivity index (χ0) is 24.1. The van der Waals surface area contributed by atoms with Crippen LogP contribution in [0.15, 0.2) is 30.9 Å². The van der Waals surface area contributed by atoms with Crippen molar-refractivity contribution in [2.24, 2.45) is 11.8 Å². The van der Waals surface area contributed by atoms with Gasteiger partial charge in [0.1, 0.15) is 11.6 Å². The highest BCUT2D eigenvalue weighted by atomic mass is 79.9. The number of aliphatic hydroxyl groups excluding tert-OH is 1. The van der Waals surface area contributed by atoms with E-state index in [0.29, 0.717) is 12.1 Å². The number of ether oxygens (including phenoxy) is 1. The first-order valence-electron chi connectivity index (χ1n) is 11.1. The molecule has 178 valence electrons. The fourth-order valence-corrected chi connectivity index (χ4v) is 6.71. The van der Waals surface area contributed by atoms with Crippen LogP contribution >= 0.6 is 15.9 Å². The molecule has 0 aromatic heterocycles. The highest BCUT2D eigenvalue weighted by Gasteiger charge is 2.76. The number of hydrogen-bond donors (Lipinski definition) is 2. The van der Waals surface area contributed by atoms with Crippen molar-refractivity contribution in [3.63, 3.8) is 0 Å². The number of hydrogen-bond acceptors (Lipinski definition) is 5. The monoisotopic (exact) mass is 520 g/mol. The zero-order valence-corrected chi connectivity index (χ0v) is 20.3. The van der Waals surface area contributed by atoms with E-state index in [1.807, 2.05) is 32.0 Å². The largest absolute Gasteiger partial charge is 0.481 e. The van der Waals surface area contributed by atoms with Crippen LogP contribution in [-0.4, -0.2) is 75.2 Å². The Morgan fingerprint density at radius 2 is 2.12 bits per heavy atom. The van der Waals surface area contributed by atoms with Gasteiger partial charge < -0.3 is 24.7 Å². The van der Waals surface area contributed by atoms with Crippen molar-refractivity contribution in [3.8, 4) is 0 Å². The molecule has 0 radical (unpaired) electrons. The average Bonchev–Trinajstić information content (AvgIpc) is 3.35. The van der Waals surface area contributed by atoms with E-state index in [0.717, 1.165) is 11.1 Å². The number of likely N-dealkylation sites (tertiary alicyclic amines) is 1. The summed E-state index contributed by atoms with van der Waals surface area (Å²) < 4.78 is 6.28. The molecule has 0 aliphatic carbocycles. The summed E-state index contributed by atoms with van der Waals surface area (Å²) in [5.41, 5.74) is 1.36. The molecule has 8 nitrogen and oxygen atoms in total. The van der Waals surface area contributed by atoms with Gasteiger partial charge in [-0.3, -0.25) is 14.4 Å². The minimum atomic E-state index is -1.23. The quantitative estimate of drug-likeness (QED) is 0.401. The first-order chi connectivity index (χ1) is 15.7. The van der Waals surface area contributed by atoms with Gasteiger partial charge in [-0.25, -0.2) is 0 Å². The summed E-state index contributed by atoms with van der Waals surface area (Å²) in [4.78, 5) is 42.7. The SMILES string of the molecule is C=CCN(C(=O)[C@H]1N(CCCO)C(=O)[C@@H]2[C@@H](C(=O)O)[C@@H]3O[C@@]21CC3Br)c1cc(C)ccc1C. The molecule has 2 amide bonds. The number of nitrogens with zero attached hydrogens (tertiary/aromatic N) is 2. The van der Waals surface area contributed by atoms with Crippen molar-refractivity contribution < 1.29 is 29.3 Å². The molecule has 3 saturated heterocycles. The van der Waals surface area contributed by atoms with E-state index in [-0.39, 0.29) is 36.9 Å². The van der Waals surface area contributed by atoms with Gasteiger partial charge in [0.2, 0.25) is 5.91 Å². The van der Waals surface area contributed by atoms with Crippen molar-refractivity contribution in [2.45, 2.75) is 49.3 Å². The van der Waals surface area contributed by atoms with Crippen LogP contribution in [0.1, 0.15) is 24.0 Å². The van der Waals surface area contributed by atoms with E-state index in [2.05, 4.69) is 22.5 Å². The van der Waals surface area contributed by atoms with Crippen LogP contribution in [0.25, 0.3) is 0 Å². The lowest BCUT2D eigenvalue weighted by Gasteiger charge is -2.37. The maximum Gasteiger partial charge on any atom is 0.310 e. The molecule has 1 aromatic rings. The summed E-state index contributed by atoms with van der Waals surface area (Å²) in [5.74, 6) is -3.79. The maximum absolute atomic E-state index is 14.2. The summed E-state index contributed by atoms with van der Waals surface area (Å²) in [7, 11) is 0. The number of rotatable bonds is 8. The summed E-state index contributed by atoms with van der Waals surface area (Å²) in [5, 5.41) is 19.3. The van der Waals surface area contributed by atoms with Crippen LogP contribution in [0, 0.1) is 25.7 Å². The molecule has 3 fully saturated rings. The second-order valence-corrected chi connectivity index (χ2v) is 10.3. The Labute approximate surface area is 201 Å². The Bertz CT molecular complexity index is 999. The second kappa shape index (κ2) is 8.85. The van der Waals surface area contributed by atoms with Crippen LogP contribution in [0.2, 0.25) is 0 Å². The minimum absolute atomic E-state index is 0.145. The zero-order valence-electron chi connectivity index (χ0n) is 18.7. The number of aryl methyl sites for hydroxylation is 2. The van der Waals surface area contributed by atoms with Gasteiger partial charge in [0.05, 0.1) is 17.9 Å². The molecular weight excluding hydrogens is 492 g/mol. The molecule has 2 bridgehead atoms. The van der Waals surface area contributed by atoms with Crippen molar-refractivity contribution in [1.82, 2.24) is 4.90 Å². The van der Waals surface area contributed by atoms with Gasteiger partial charge >= 0.3 is 5.97 Å². The number of carboxylic acid groups (broad SMARTS) is 1. The Balaban J connectivity index is 1.82.